The van der Waals surface area contributed by atoms with Gasteiger partial charge < -0.3 is 9.30 Å². The van der Waals surface area contributed by atoms with Crippen LogP contribution in [0.15, 0.2) is 152 Å². The second kappa shape index (κ2) is 9.73. The van der Waals surface area contributed by atoms with Gasteiger partial charge in [0.25, 0.3) is 0 Å². The van der Waals surface area contributed by atoms with Crippen LogP contribution in [0.1, 0.15) is 0 Å². The quantitative estimate of drug-likeness (QED) is 0.204. The van der Waals surface area contributed by atoms with Crippen LogP contribution in [0.2, 0.25) is 0 Å². The summed E-state index contributed by atoms with van der Waals surface area (Å²) in [5.41, 5.74) is 7.06. The smallest absolute Gasteiger partial charge is 0.178 e. The SMILES string of the molecule is O=P1(c2ccccc2)c2ccccc2Oc2ccc(-c3ccc(-c4nc5ccccn5c4-c4ccccc4)cc3)cc21. The number of aromatic nitrogens is 2. The molecule has 4 nitrogen and oxygen atoms in total. The number of hydrogen-bond acceptors (Lipinski definition) is 3. The molecule has 2 aromatic heterocycles. The molecule has 0 aliphatic carbocycles. The lowest BCUT2D eigenvalue weighted by molar-refractivity contribution is 0.485. The van der Waals surface area contributed by atoms with E-state index >= 15 is 4.57 Å². The first-order valence-corrected chi connectivity index (χ1v) is 15.6. The zero-order valence-electron chi connectivity index (χ0n) is 22.6. The van der Waals surface area contributed by atoms with E-state index < -0.39 is 7.14 Å². The van der Waals surface area contributed by atoms with Gasteiger partial charge in [-0.2, -0.15) is 0 Å². The van der Waals surface area contributed by atoms with Crippen LogP contribution in [0.25, 0.3) is 39.3 Å². The zero-order valence-corrected chi connectivity index (χ0v) is 23.5. The minimum Gasteiger partial charge on any atom is -0.456 e. The summed E-state index contributed by atoms with van der Waals surface area (Å²) < 4.78 is 23.5. The van der Waals surface area contributed by atoms with Crippen LogP contribution in [0.5, 0.6) is 11.5 Å². The average Bonchev–Trinajstić information content (AvgIpc) is 3.45. The van der Waals surface area contributed by atoms with E-state index in [0.717, 1.165) is 55.2 Å². The third kappa shape index (κ3) is 3.84. The number of hydrogen-bond donors (Lipinski definition) is 0. The van der Waals surface area contributed by atoms with E-state index in [1.165, 1.54) is 0 Å². The summed E-state index contributed by atoms with van der Waals surface area (Å²) in [7, 11) is -3.15. The Morgan fingerprint density at radius 2 is 1.19 bits per heavy atom. The molecule has 5 heteroatoms. The number of ether oxygens (including phenoxy) is 1. The predicted octanol–water partition coefficient (Wildman–Crippen LogP) is 8.08. The molecule has 7 aromatic rings. The first kappa shape index (κ1) is 24.6. The highest BCUT2D eigenvalue weighted by atomic mass is 31.2. The number of nitrogens with zero attached hydrogens (tertiary/aromatic N) is 2. The second-order valence-corrected chi connectivity index (χ2v) is 13.1. The van der Waals surface area contributed by atoms with Gasteiger partial charge in [-0.15, -0.1) is 0 Å². The standard InChI is InChI=1S/C37H25N2O2P/c40-42(30-13-5-2-6-14-30)33-16-8-7-15-31(33)41-32-23-22-29(25-34(32)42)26-18-20-27(21-19-26)36-37(28-11-3-1-4-12-28)39-24-10-9-17-35(39)38-36/h1-25H. The maximum Gasteiger partial charge on any atom is 0.178 e. The third-order valence-electron chi connectivity index (χ3n) is 7.91. The molecule has 0 N–H and O–H groups in total. The van der Waals surface area contributed by atoms with Crippen LogP contribution in [-0.4, -0.2) is 9.38 Å². The van der Waals surface area contributed by atoms with E-state index in [4.69, 9.17) is 9.72 Å². The molecule has 0 amide bonds. The molecular formula is C37H25N2O2P. The average molecular weight is 561 g/mol. The lowest BCUT2D eigenvalue weighted by Gasteiger charge is -2.29. The third-order valence-corrected chi connectivity index (χ3v) is 11.0. The van der Waals surface area contributed by atoms with Crippen molar-refractivity contribution in [2.45, 2.75) is 0 Å². The fourth-order valence-electron chi connectivity index (χ4n) is 5.89. The van der Waals surface area contributed by atoms with Gasteiger partial charge in [-0.3, -0.25) is 4.40 Å². The van der Waals surface area contributed by atoms with Crippen LogP contribution >= 0.6 is 7.14 Å². The normalized spacial score (nSPS) is 15.5. The summed E-state index contributed by atoms with van der Waals surface area (Å²) in [6.07, 6.45) is 2.06. The van der Waals surface area contributed by atoms with Crippen LogP contribution in [0, 0.1) is 0 Å². The maximum absolute atomic E-state index is 15.1. The van der Waals surface area contributed by atoms with Crippen LogP contribution in [0.3, 0.4) is 0 Å². The van der Waals surface area contributed by atoms with Gasteiger partial charge in [0.1, 0.15) is 17.1 Å². The molecule has 1 aliphatic heterocycles. The number of para-hydroxylation sites is 1. The van der Waals surface area contributed by atoms with Crippen LogP contribution in [0.4, 0.5) is 0 Å². The van der Waals surface area contributed by atoms with Gasteiger partial charge in [0.2, 0.25) is 0 Å². The Labute approximate surface area is 243 Å². The Morgan fingerprint density at radius 1 is 0.548 bits per heavy atom. The summed E-state index contributed by atoms with van der Waals surface area (Å²) in [4.78, 5) is 5.00. The number of rotatable bonds is 4. The van der Waals surface area contributed by atoms with Crippen LogP contribution in [-0.2, 0) is 4.57 Å². The molecule has 5 aromatic carbocycles. The van der Waals surface area contributed by atoms with Gasteiger partial charge in [-0.05, 0) is 47.5 Å². The minimum absolute atomic E-state index is 0.637. The van der Waals surface area contributed by atoms with Crippen molar-refractivity contribution in [3.8, 4) is 45.1 Å². The topological polar surface area (TPSA) is 43.6 Å². The summed E-state index contributed by atoms with van der Waals surface area (Å²) in [6.45, 7) is 0. The van der Waals surface area contributed by atoms with Crippen molar-refractivity contribution < 1.29 is 9.30 Å². The van der Waals surface area contributed by atoms with Crippen molar-refractivity contribution in [3.05, 3.63) is 152 Å². The molecule has 0 spiro atoms. The lowest BCUT2D eigenvalue weighted by atomic mass is 10.0. The number of imidazole rings is 1. The van der Waals surface area contributed by atoms with Crippen molar-refractivity contribution in [3.63, 3.8) is 0 Å². The summed E-state index contributed by atoms with van der Waals surface area (Å²) >= 11 is 0. The van der Waals surface area contributed by atoms with Gasteiger partial charge in [-0.25, -0.2) is 4.98 Å². The maximum atomic E-state index is 15.1. The fraction of sp³-hybridized carbons (Fsp3) is 0. The van der Waals surface area contributed by atoms with E-state index in [1.807, 2.05) is 97.1 Å². The fourth-order valence-corrected chi connectivity index (χ4v) is 8.77. The van der Waals surface area contributed by atoms with Gasteiger partial charge in [0.05, 0.1) is 22.0 Å². The van der Waals surface area contributed by atoms with Crippen molar-refractivity contribution in [1.29, 1.82) is 0 Å². The minimum atomic E-state index is -3.15. The van der Waals surface area contributed by atoms with E-state index in [1.54, 1.807) is 0 Å². The van der Waals surface area contributed by atoms with Crippen molar-refractivity contribution in [2.24, 2.45) is 0 Å². The zero-order chi connectivity index (χ0) is 28.1. The number of fused-ring (bicyclic) bond motifs is 3. The Hall–Kier alpha value is -5.18. The molecule has 42 heavy (non-hydrogen) atoms. The molecule has 200 valence electrons. The Kier molecular flexibility index (Phi) is 5.70. The molecule has 1 unspecified atom stereocenters. The molecule has 3 heterocycles. The Bertz CT molecular complexity index is 2140. The number of benzene rings is 5. The van der Waals surface area contributed by atoms with Gasteiger partial charge in [0, 0.05) is 22.6 Å². The Morgan fingerprint density at radius 3 is 2.00 bits per heavy atom. The molecule has 8 rings (SSSR count). The first-order chi connectivity index (χ1) is 20.7. The molecule has 1 aliphatic rings. The van der Waals surface area contributed by atoms with Crippen LogP contribution < -0.4 is 20.7 Å². The van der Waals surface area contributed by atoms with Crippen molar-refractivity contribution >= 4 is 28.7 Å². The van der Waals surface area contributed by atoms with Crippen molar-refractivity contribution in [1.82, 2.24) is 9.38 Å². The Balaban J connectivity index is 1.23. The van der Waals surface area contributed by atoms with Gasteiger partial charge >= 0.3 is 0 Å². The highest BCUT2D eigenvalue weighted by molar-refractivity contribution is 7.85. The molecule has 0 radical (unpaired) electrons. The monoisotopic (exact) mass is 560 g/mol. The second-order valence-electron chi connectivity index (χ2n) is 10.4. The highest BCUT2D eigenvalue weighted by Gasteiger charge is 2.39. The van der Waals surface area contributed by atoms with E-state index in [0.29, 0.717) is 11.5 Å². The molecule has 0 saturated heterocycles. The van der Waals surface area contributed by atoms with Gasteiger partial charge in [0.15, 0.2) is 7.14 Å². The van der Waals surface area contributed by atoms with Gasteiger partial charge in [-0.1, -0.05) is 109 Å². The molecule has 0 bridgehead atoms. The first-order valence-electron chi connectivity index (χ1n) is 13.9. The summed E-state index contributed by atoms with van der Waals surface area (Å²) in [5, 5.41) is 2.26. The predicted molar refractivity (Wildman–Crippen MR) is 171 cm³/mol. The molecule has 0 saturated carbocycles. The largest absolute Gasteiger partial charge is 0.456 e. The molecule has 1 atom stereocenters. The highest BCUT2D eigenvalue weighted by Crippen LogP contribution is 2.52. The lowest BCUT2D eigenvalue weighted by Crippen LogP contribution is -2.30. The van der Waals surface area contributed by atoms with E-state index in [2.05, 4.69) is 59.1 Å². The molecular weight excluding hydrogens is 535 g/mol. The number of pyridine rings is 1. The molecule has 0 fully saturated rings. The summed E-state index contributed by atoms with van der Waals surface area (Å²) in [5.74, 6) is 1.29. The van der Waals surface area contributed by atoms with E-state index in [-0.39, 0.29) is 0 Å². The van der Waals surface area contributed by atoms with Crippen molar-refractivity contribution in [2.75, 3.05) is 0 Å². The summed E-state index contributed by atoms with van der Waals surface area (Å²) in [6, 6.07) is 48.3. The van der Waals surface area contributed by atoms with E-state index in [9.17, 15) is 0 Å².